The molecule has 118 valence electrons. The van der Waals surface area contributed by atoms with Gasteiger partial charge < -0.3 is 5.11 Å². The molecule has 4 nitrogen and oxygen atoms in total. The largest absolute Gasteiger partial charge is 0.481 e. The molecule has 1 atom stereocenters. The third-order valence-corrected chi connectivity index (χ3v) is 5.75. The lowest BCUT2D eigenvalue weighted by molar-refractivity contribution is -0.139. The SMILES string of the molecule is Cc1ccc(-c2cn3c4c(sc3n2)CCCC4C(=O)O)c(C)c1. The molecule has 0 amide bonds. The quantitative estimate of drug-likeness (QED) is 0.768. The highest BCUT2D eigenvalue weighted by Gasteiger charge is 2.31. The first-order chi connectivity index (χ1) is 11.0. The molecule has 0 fully saturated rings. The van der Waals surface area contributed by atoms with Crippen LogP contribution in [0.3, 0.4) is 0 Å². The molecule has 1 aliphatic rings. The van der Waals surface area contributed by atoms with Gasteiger partial charge in [-0.1, -0.05) is 23.8 Å². The van der Waals surface area contributed by atoms with Gasteiger partial charge >= 0.3 is 5.97 Å². The standard InChI is InChI=1S/C18H18N2O2S/c1-10-6-7-12(11(2)8-10)14-9-20-16-13(17(21)22)4-3-5-15(16)23-18(20)19-14/h6-9,13H,3-5H2,1-2H3,(H,21,22). The van der Waals surface area contributed by atoms with Crippen LogP contribution in [0.25, 0.3) is 16.2 Å². The topological polar surface area (TPSA) is 54.6 Å². The minimum atomic E-state index is -0.729. The van der Waals surface area contributed by atoms with Crippen molar-refractivity contribution >= 4 is 22.3 Å². The maximum Gasteiger partial charge on any atom is 0.312 e. The normalized spacial score (nSPS) is 17.4. The first-order valence-corrected chi connectivity index (χ1v) is 8.67. The van der Waals surface area contributed by atoms with Gasteiger partial charge in [-0.25, -0.2) is 4.98 Å². The van der Waals surface area contributed by atoms with Gasteiger partial charge in [-0.3, -0.25) is 9.20 Å². The average molecular weight is 326 g/mol. The summed E-state index contributed by atoms with van der Waals surface area (Å²) < 4.78 is 2.01. The van der Waals surface area contributed by atoms with Crippen molar-refractivity contribution in [2.75, 3.05) is 0 Å². The minimum Gasteiger partial charge on any atom is -0.481 e. The van der Waals surface area contributed by atoms with Crippen LogP contribution in [0.1, 0.15) is 40.5 Å². The predicted octanol–water partition coefficient (Wildman–Crippen LogP) is 4.18. The fraction of sp³-hybridized carbons (Fsp3) is 0.333. The molecular weight excluding hydrogens is 308 g/mol. The number of hydrogen-bond donors (Lipinski definition) is 1. The number of imidazole rings is 1. The van der Waals surface area contributed by atoms with Crippen molar-refractivity contribution in [3.63, 3.8) is 0 Å². The van der Waals surface area contributed by atoms with Gasteiger partial charge in [0.1, 0.15) is 0 Å². The van der Waals surface area contributed by atoms with Crippen molar-refractivity contribution in [1.82, 2.24) is 9.38 Å². The Kier molecular flexibility index (Phi) is 3.27. The van der Waals surface area contributed by atoms with Crippen molar-refractivity contribution in [3.05, 3.63) is 46.1 Å². The number of rotatable bonds is 2. The lowest BCUT2D eigenvalue weighted by Gasteiger charge is -2.18. The molecule has 0 bridgehead atoms. The maximum atomic E-state index is 11.6. The summed E-state index contributed by atoms with van der Waals surface area (Å²) in [5.74, 6) is -1.14. The van der Waals surface area contributed by atoms with Gasteiger partial charge in [0.15, 0.2) is 4.96 Å². The van der Waals surface area contributed by atoms with E-state index in [2.05, 4.69) is 32.0 Å². The zero-order valence-corrected chi connectivity index (χ0v) is 14.0. The Morgan fingerprint density at radius 1 is 1.39 bits per heavy atom. The number of thiazole rings is 1. The van der Waals surface area contributed by atoms with Gasteiger partial charge in [0.25, 0.3) is 0 Å². The summed E-state index contributed by atoms with van der Waals surface area (Å²) in [5.41, 5.74) is 5.40. The molecule has 3 aromatic rings. The number of aliphatic carboxylic acids is 1. The molecule has 0 spiro atoms. The Morgan fingerprint density at radius 3 is 2.96 bits per heavy atom. The van der Waals surface area contributed by atoms with Crippen LogP contribution in [0.4, 0.5) is 0 Å². The highest BCUT2D eigenvalue weighted by Crippen LogP contribution is 2.38. The summed E-state index contributed by atoms with van der Waals surface area (Å²) in [7, 11) is 0. The van der Waals surface area contributed by atoms with E-state index in [-0.39, 0.29) is 0 Å². The molecule has 0 aliphatic heterocycles. The first kappa shape index (κ1) is 14.5. The van der Waals surface area contributed by atoms with Gasteiger partial charge in [-0.2, -0.15) is 0 Å². The molecule has 2 heterocycles. The van der Waals surface area contributed by atoms with Crippen molar-refractivity contribution in [3.8, 4) is 11.3 Å². The number of nitrogens with zero attached hydrogens (tertiary/aromatic N) is 2. The van der Waals surface area contributed by atoms with Gasteiger partial charge in [0.05, 0.1) is 17.3 Å². The molecule has 0 radical (unpaired) electrons. The second-order valence-corrected chi connectivity index (χ2v) is 7.35. The highest BCUT2D eigenvalue weighted by atomic mass is 32.1. The van der Waals surface area contributed by atoms with E-state index in [1.165, 1.54) is 16.0 Å². The van der Waals surface area contributed by atoms with Crippen LogP contribution in [0.15, 0.2) is 24.4 Å². The molecule has 2 aromatic heterocycles. The Hall–Kier alpha value is -2.14. The van der Waals surface area contributed by atoms with Gasteiger partial charge in [-0.05, 0) is 38.7 Å². The lowest BCUT2D eigenvalue weighted by Crippen LogP contribution is -2.18. The number of carbonyl (C=O) groups is 1. The van der Waals surface area contributed by atoms with E-state index < -0.39 is 11.9 Å². The Balaban J connectivity index is 1.88. The van der Waals surface area contributed by atoms with Crippen LogP contribution in [-0.4, -0.2) is 20.5 Å². The fourth-order valence-electron chi connectivity index (χ4n) is 3.52. The molecular formula is C18H18N2O2S. The van der Waals surface area contributed by atoms with E-state index >= 15 is 0 Å². The summed E-state index contributed by atoms with van der Waals surface area (Å²) in [6.45, 7) is 4.17. The molecule has 1 unspecified atom stereocenters. The number of carboxylic acid groups (broad SMARTS) is 1. The molecule has 1 N–H and O–H groups in total. The fourth-order valence-corrected chi connectivity index (χ4v) is 4.73. The van der Waals surface area contributed by atoms with Crippen LogP contribution in [0.5, 0.6) is 0 Å². The van der Waals surface area contributed by atoms with Gasteiger partial charge in [0.2, 0.25) is 0 Å². The van der Waals surface area contributed by atoms with Crippen LogP contribution >= 0.6 is 11.3 Å². The Bertz CT molecular complexity index is 923. The van der Waals surface area contributed by atoms with Crippen molar-refractivity contribution < 1.29 is 9.90 Å². The van der Waals surface area contributed by atoms with E-state index in [1.807, 2.05) is 10.6 Å². The van der Waals surface area contributed by atoms with E-state index in [9.17, 15) is 9.90 Å². The molecule has 1 aromatic carbocycles. The number of fused-ring (bicyclic) bond motifs is 3. The molecule has 1 aliphatic carbocycles. The van der Waals surface area contributed by atoms with Gasteiger partial charge in [-0.15, -0.1) is 11.3 Å². The lowest BCUT2D eigenvalue weighted by atomic mass is 9.91. The molecule has 0 saturated heterocycles. The number of carboxylic acids is 1. The van der Waals surface area contributed by atoms with E-state index in [1.54, 1.807) is 11.3 Å². The third-order valence-electron chi connectivity index (χ3n) is 4.62. The van der Waals surface area contributed by atoms with E-state index in [4.69, 9.17) is 4.98 Å². The molecule has 4 rings (SSSR count). The van der Waals surface area contributed by atoms with Crippen LogP contribution in [-0.2, 0) is 11.2 Å². The summed E-state index contributed by atoms with van der Waals surface area (Å²) >= 11 is 1.63. The predicted molar refractivity (Wildman–Crippen MR) is 91.3 cm³/mol. The van der Waals surface area contributed by atoms with Gasteiger partial charge in [0, 0.05) is 16.6 Å². The Labute approximate surface area is 138 Å². The third kappa shape index (κ3) is 2.27. The zero-order valence-electron chi connectivity index (χ0n) is 13.2. The van der Waals surface area contributed by atoms with Crippen LogP contribution in [0, 0.1) is 13.8 Å². The molecule has 23 heavy (non-hydrogen) atoms. The molecule has 0 saturated carbocycles. The second kappa shape index (κ2) is 5.20. The van der Waals surface area contributed by atoms with Crippen molar-refractivity contribution in [1.29, 1.82) is 0 Å². The van der Waals surface area contributed by atoms with E-state index in [0.29, 0.717) is 6.42 Å². The highest BCUT2D eigenvalue weighted by molar-refractivity contribution is 7.17. The van der Waals surface area contributed by atoms with E-state index in [0.717, 1.165) is 34.8 Å². The number of hydrogen-bond acceptors (Lipinski definition) is 3. The zero-order chi connectivity index (χ0) is 16.1. The summed E-state index contributed by atoms with van der Waals surface area (Å²) in [5, 5.41) is 9.53. The van der Waals surface area contributed by atoms with Crippen LogP contribution in [0.2, 0.25) is 0 Å². The van der Waals surface area contributed by atoms with Crippen LogP contribution < -0.4 is 0 Å². The number of aryl methyl sites for hydroxylation is 3. The average Bonchev–Trinajstić information content (AvgIpc) is 3.03. The number of aromatic nitrogens is 2. The number of benzene rings is 1. The van der Waals surface area contributed by atoms with Crippen molar-refractivity contribution in [2.24, 2.45) is 0 Å². The summed E-state index contributed by atoms with van der Waals surface area (Å²) in [6.07, 6.45) is 4.62. The summed E-state index contributed by atoms with van der Waals surface area (Å²) in [6, 6.07) is 6.34. The van der Waals surface area contributed by atoms with Crippen molar-refractivity contribution in [2.45, 2.75) is 39.0 Å². The second-order valence-electron chi connectivity index (χ2n) is 6.29. The maximum absolute atomic E-state index is 11.6. The summed E-state index contributed by atoms with van der Waals surface area (Å²) in [4.78, 5) is 18.4. The minimum absolute atomic E-state index is 0.409. The first-order valence-electron chi connectivity index (χ1n) is 7.85. The Morgan fingerprint density at radius 2 is 2.22 bits per heavy atom. The molecule has 5 heteroatoms. The smallest absolute Gasteiger partial charge is 0.312 e. The monoisotopic (exact) mass is 326 g/mol.